The summed E-state index contributed by atoms with van der Waals surface area (Å²) in [6.45, 7) is 3.67. The predicted molar refractivity (Wildman–Crippen MR) is 124 cm³/mol. The van der Waals surface area contributed by atoms with Crippen molar-refractivity contribution in [3.63, 3.8) is 0 Å². The number of hydrogen-bond acceptors (Lipinski definition) is 4. The van der Waals surface area contributed by atoms with Crippen LogP contribution in [0.5, 0.6) is 0 Å². The van der Waals surface area contributed by atoms with Gasteiger partial charge in [0.25, 0.3) is 0 Å². The number of rotatable bonds is 6. The number of benzene rings is 2. The molecule has 0 bridgehead atoms. The highest BCUT2D eigenvalue weighted by molar-refractivity contribution is 5.80. The summed E-state index contributed by atoms with van der Waals surface area (Å²) in [5, 5.41) is 17.5. The number of piperidine rings is 1. The van der Waals surface area contributed by atoms with Crippen LogP contribution in [0.3, 0.4) is 0 Å². The molecule has 4 rings (SSSR count). The SMILES string of the molecule is C[C@H](CC(=O)N1CCC(O)(CC2CNC(c3ccccc3)NC2=O)CC1)c1ccccc1. The smallest absolute Gasteiger partial charge is 0.225 e. The summed E-state index contributed by atoms with van der Waals surface area (Å²) >= 11 is 0. The van der Waals surface area contributed by atoms with Crippen LogP contribution in [-0.4, -0.2) is 47.1 Å². The molecular weight excluding hydrogens is 402 g/mol. The molecule has 2 aliphatic rings. The molecule has 0 radical (unpaired) electrons. The lowest BCUT2D eigenvalue weighted by atomic mass is 9.81. The number of nitrogens with one attached hydrogen (secondary N) is 2. The molecule has 3 atom stereocenters. The van der Waals surface area contributed by atoms with E-state index in [0.29, 0.717) is 45.3 Å². The molecule has 32 heavy (non-hydrogen) atoms. The fourth-order valence-electron chi connectivity index (χ4n) is 4.80. The van der Waals surface area contributed by atoms with Crippen molar-refractivity contribution in [2.24, 2.45) is 5.92 Å². The average Bonchev–Trinajstić information content (AvgIpc) is 2.82. The molecule has 2 aliphatic heterocycles. The van der Waals surface area contributed by atoms with Gasteiger partial charge in [-0.05, 0) is 36.3 Å². The molecule has 0 aromatic heterocycles. The van der Waals surface area contributed by atoms with Gasteiger partial charge in [0.2, 0.25) is 11.8 Å². The van der Waals surface area contributed by atoms with E-state index in [1.807, 2.05) is 53.4 Å². The molecular formula is C26H33N3O3. The van der Waals surface area contributed by atoms with Crippen molar-refractivity contribution in [3.05, 3.63) is 71.8 Å². The zero-order valence-corrected chi connectivity index (χ0v) is 18.7. The summed E-state index contributed by atoms with van der Waals surface area (Å²) in [5.41, 5.74) is 1.28. The lowest BCUT2D eigenvalue weighted by Crippen LogP contribution is -2.54. The maximum atomic E-state index is 12.8. The summed E-state index contributed by atoms with van der Waals surface area (Å²) in [5.74, 6) is -0.00759. The minimum atomic E-state index is -0.912. The summed E-state index contributed by atoms with van der Waals surface area (Å²) in [7, 11) is 0. The Morgan fingerprint density at radius 2 is 1.72 bits per heavy atom. The van der Waals surface area contributed by atoms with Gasteiger partial charge < -0.3 is 15.3 Å². The van der Waals surface area contributed by atoms with E-state index >= 15 is 0 Å². The molecule has 2 saturated heterocycles. The van der Waals surface area contributed by atoms with Crippen LogP contribution in [0, 0.1) is 5.92 Å². The monoisotopic (exact) mass is 435 g/mol. The Labute approximate surface area is 190 Å². The molecule has 3 N–H and O–H groups in total. The number of hydrogen-bond donors (Lipinski definition) is 3. The second kappa shape index (κ2) is 9.84. The Morgan fingerprint density at radius 3 is 2.34 bits per heavy atom. The Balaban J connectivity index is 1.26. The van der Waals surface area contributed by atoms with Crippen molar-refractivity contribution in [3.8, 4) is 0 Å². The first kappa shape index (κ1) is 22.5. The number of amides is 2. The molecule has 2 aromatic carbocycles. The van der Waals surface area contributed by atoms with Crippen molar-refractivity contribution < 1.29 is 14.7 Å². The molecule has 2 amide bonds. The van der Waals surface area contributed by atoms with Crippen LogP contribution >= 0.6 is 0 Å². The van der Waals surface area contributed by atoms with E-state index in [-0.39, 0.29) is 29.8 Å². The van der Waals surface area contributed by atoms with Crippen LogP contribution in [0.4, 0.5) is 0 Å². The van der Waals surface area contributed by atoms with Crippen molar-refractivity contribution in [2.75, 3.05) is 19.6 Å². The van der Waals surface area contributed by atoms with E-state index in [9.17, 15) is 14.7 Å². The number of carbonyl (C=O) groups excluding carboxylic acids is 2. The van der Waals surface area contributed by atoms with E-state index < -0.39 is 5.60 Å². The summed E-state index contributed by atoms with van der Waals surface area (Å²) in [4.78, 5) is 27.3. The van der Waals surface area contributed by atoms with Gasteiger partial charge in [0.15, 0.2) is 0 Å². The molecule has 0 saturated carbocycles. The highest BCUT2D eigenvalue weighted by Gasteiger charge is 2.39. The highest BCUT2D eigenvalue weighted by atomic mass is 16.3. The minimum Gasteiger partial charge on any atom is -0.390 e. The zero-order chi connectivity index (χ0) is 22.6. The quantitative estimate of drug-likeness (QED) is 0.652. The lowest BCUT2D eigenvalue weighted by Gasteiger charge is -2.41. The summed E-state index contributed by atoms with van der Waals surface area (Å²) in [6, 6.07) is 19.9. The van der Waals surface area contributed by atoms with E-state index in [0.717, 1.165) is 5.56 Å². The second-order valence-electron chi connectivity index (χ2n) is 9.28. The van der Waals surface area contributed by atoms with Crippen molar-refractivity contribution in [1.29, 1.82) is 0 Å². The minimum absolute atomic E-state index is 0.0266. The third kappa shape index (κ3) is 5.37. The average molecular weight is 436 g/mol. The number of carbonyl (C=O) groups is 2. The number of nitrogens with zero attached hydrogens (tertiary/aromatic N) is 1. The largest absolute Gasteiger partial charge is 0.390 e. The summed E-state index contributed by atoms with van der Waals surface area (Å²) < 4.78 is 0. The molecule has 2 aromatic rings. The molecule has 2 heterocycles. The topological polar surface area (TPSA) is 81.7 Å². The maximum absolute atomic E-state index is 12.8. The van der Waals surface area contributed by atoms with Gasteiger partial charge in [-0.3, -0.25) is 14.9 Å². The van der Waals surface area contributed by atoms with Crippen LogP contribution < -0.4 is 10.6 Å². The Bertz CT molecular complexity index is 910. The molecule has 0 aliphatic carbocycles. The van der Waals surface area contributed by atoms with Crippen LogP contribution in [-0.2, 0) is 9.59 Å². The molecule has 6 nitrogen and oxygen atoms in total. The fourth-order valence-corrected chi connectivity index (χ4v) is 4.80. The van der Waals surface area contributed by atoms with Gasteiger partial charge in [0.05, 0.1) is 11.5 Å². The van der Waals surface area contributed by atoms with Gasteiger partial charge in [-0.25, -0.2) is 0 Å². The molecule has 2 fully saturated rings. The zero-order valence-electron chi connectivity index (χ0n) is 18.7. The van der Waals surface area contributed by atoms with Gasteiger partial charge >= 0.3 is 0 Å². The van der Waals surface area contributed by atoms with E-state index in [1.54, 1.807) is 0 Å². The second-order valence-corrected chi connectivity index (χ2v) is 9.28. The molecule has 0 spiro atoms. The van der Waals surface area contributed by atoms with Crippen molar-refractivity contribution >= 4 is 11.8 Å². The standard InChI is InChI=1S/C26H33N3O3/c1-19(20-8-4-2-5-9-20)16-23(30)29-14-12-26(32,13-15-29)17-22-18-27-24(28-25(22)31)21-10-6-3-7-11-21/h2-11,19,22,24,27,32H,12-18H2,1H3,(H,28,31)/t19-,22?,24?/m1/s1. The van der Waals surface area contributed by atoms with Crippen LogP contribution in [0.1, 0.15) is 55.8 Å². The molecule has 2 unspecified atom stereocenters. The van der Waals surface area contributed by atoms with Crippen molar-refractivity contribution in [1.82, 2.24) is 15.5 Å². The normalized spacial score (nSPS) is 23.9. The fraction of sp³-hybridized carbons (Fsp3) is 0.462. The van der Waals surface area contributed by atoms with E-state index in [2.05, 4.69) is 29.7 Å². The van der Waals surface area contributed by atoms with Gasteiger partial charge in [-0.2, -0.15) is 0 Å². The Kier molecular flexibility index (Phi) is 6.92. The van der Waals surface area contributed by atoms with Gasteiger partial charge in [0, 0.05) is 26.1 Å². The van der Waals surface area contributed by atoms with E-state index in [1.165, 1.54) is 5.56 Å². The first-order valence-corrected chi connectivity index (χ1v) is 11.6. The van der Waals surface area contributed by atoms with E-state index in [4.69, 9.17) is 0 Å². The maximum Gasteiger partial charge on any atom is 0.225 e. The van der Waals surface area contributed by atoms with Crippen LogP contribution in [0.15, 0.2) is 60.7 Å². The third-order valence-corrected chi connectivity index (χ3v) is 6.88. The predicted octanol–water partition coefficient (Wildman–Crippen LogP) is 2.96. The van der Waals surface area contributed by atoms with Gasteiger partial charge in [-0.15, -0.1) is 0 Å². The van der Waals surface area contributed by atoms with Crippen LogP contribution in [0.25, 0.3) is 0 Å². The van der Waals surface area contributed by atoms with Crippen molar-refractivity contribution in [2.45, 2.75) is 50.3 Å². The highest BCUT2D eigenvalue weighted by Crippen LogP contribution is 2.31. The Morgan fingerprint density at radius 1 is 1.09 bits per heavy atom. The van der Waals surface area contributed by atoms with Gasteiger partial charge in [-0.1, -0.05) is 67.6 Å². The van der Waals surface area contributed by atoms with Gasteiger partial charge in [0.1, 0.15) is 6.17 Å². The Hall–Kier alpha value is -2.70. The first-order valence-electron chi connectivity index (χ1n) is 11.6. The molecule has 170 valence electrons. The van der Waals surface area contributed by atoms with Crippen LogP contribution in [0.2, 0.25) is 0 Å². The number of aliphatic hydroxyl groups is 1. The summed E-state index contributed by atoms with van der Waals surface area (Å²) in [6.07, 6.45) is 1.70. The number of likely N-dealkylation sites (tertiary alicyclic amines) is 1. The molecule has 6 heteroatoms. The lowest BCUT2D eigenvalue weighted by molar-refractivity contribution is -0.139. The first-order chi connectivity index (χ1) is 15.4. The third-order valence-electron chi connectivity index (χ3n) is 6.88.